The molecule has 0 bridgehead atoms. The minimum atomic E-state index is -4.47. The molecule has 10 nitrogen and oxygen atoms in total. The van der Waals surface area contributed by atoms with Crippen molar-refractivity contribution in [2.24, 2.45) is 0 Å². The van der Waals surface area contributed by atoms with Crippen LogP contribution in [0.3, 0.4) is 0 Å². The predicted molar refractivity (Wildman–Crippen MR) is 145 cm³/mol. The van der Waals surface area contributed by atoms with Gasteiger partial charge in [-0.1, -0.05) is 24.3 Å². The predicted octanol–water partition coefficient (Wildman–Crippen LogP) is 4.58. The lowest BCUT2D eigenvalue weighted by Crippen LogP contribution is -2.35. The molecular formula is C26H25F3N6O4S. The van der Waals surface area contributed by atoms with Gasteiger partial charge in [-0.25, -0.2) is 18.4 Å². The van der Waals surface area contributed by atoms with Crippen molar-refractivity contribution in [3.05, 3.63) is 72.3 Å². The Morgan fingerprint density at radius 3 is 2.33 bits per heavy atom. The van der Waals surface area contributed by atoms with Crippen LogP contribution in [-0.4, -0.2) is 50.7 Å². The zero-order valence-electron chi connectivity index (χ0n) is 21.3. The standard InChI is InChI=1S/C26H25F3N6O4S/c1-16-10-11-18(39-2)13-22(16)34-24-25(33-21-9-4-3-8-20(21)32-24)35-40(37,38)19-7-5-6-17(12-19)31-23(36)14-30-15-26(27,28)29/h3-13,30H,14-15H2,1-2H3,(H,31,36)(H,32,34)(H,33,35). The number of alkyl halides is 3. The van der Waals surface area contributed by atoms with Crippen LogP contribution in [0.15, 0.2) is 71.6 Å². The molecule has 0 aliphatic rings. The summed E-state index contributed by atoms with van der Waals surface area (Å²) in [6.07, 6.45) is -4.47. The number of halogens is 3. The van der Waals surface area contributed by atoms with E-state index in [2.05, 4.69) is 25.3 Å². The molecule has 0 radical (unpaired) electrons. The van der Waals surface area contributed by atoms with Gasteiger partial charge in [0.1, 0.15) is 5.75 Å². The molecule has 1 aromatic heterocycles. The molecule has 0 saturated carbocycles. The average Bonchev–Trinajstić information content (AvgIpc) is 2.89. The van der Waals surface area contributed by atoms with E-state index in [9.17, 15) is 26.4 Å². The Morgan fingerprint density at radius 1 is 0.950 bits per heavy atom. The van der Waals surface area contributed by atoms with Gasteiger partial charge in [0, 0.05) is 17.4 Å². The van der Waals surface area contributed by atoms with Crippen molar-refractivity contribution >= 4 is 50.0 Å². The normalized spacial score (nSPS) is 11.7. The molecule has 0 atom stereocenters. The van der Waals surface area contributed by atoms with Gasteiger partial charge in [0.05, 0.1) is 36.1 Å². The highest BCUT2D eigenvalue weighted by atomic mass is 32.2. The summed E-state index contributed by atoms with van der Waals surface area (Å²) in [6, 6.07) is 17.6. The zero-order chi connectivity index (χ0) is 28.9. The Morgan fingerprint density at radius 2 is 1.65 bits per heavy atom. The first-order valence-electron chi connectivity index (χ1n) is 11.8. The van der Waals surface area contributed by atoms with Gasteiger partial charge in [-0.2, -0.15) is 13.2 Å². The first kappa shape index (κ1) is 28.6. The lowest BCUT2D eigenvalue weighted by atomic mass is 10.2. The number of sulfonamides is 1. The second kappa shape index (κ2) is 11.8. The molecule has 1 heterocycles. The quantitative estimate of drug-likeness (QED) is 0.216. The minimum absolute atomic E-state index is 0.0771. The van der Waals surface area contributed by atoms with Crippen LogP contribution in [0.25, 0.3) is 11.0 Å². The van der Waals surface area contributed by atoms with Crippen LogP contribution in [0.2, 0.25) is 0 Å². The van der Waals surface area contributed by atoms with Crippen LogP contribution < -0.4 is 25.4 Å². The molecule has 0 aliphatic heterocycles. The van der Waals surface area contributed by atoms with Crippen LogP contribution in [0.4, 0.5) is 36.2 Å². The SMILES string of the molecule is COc1ccc(C)c(Nc2nc3ccccc3nc2NS(=O)(=O)c2cccc(NC(=O)CNCC(F)(F)F)c2)c1. The molecule has 210 valence electrons. The second-order valence-corrected chi connectivity index (χ2v) is 10.3. The van der Waals surface area contributed by atoms with Gasteiger partial charge in [-0.3, -0.25) is 9.52 Å². The number of nitrogens with zero attached hydrogens (tertiary/aromatic N) is 2. The van der Waals surface area contributed by atoms with Crippen molar-refractivity contribution in [1.29, 1.82) is 0 Å². The number of hydrogen-bond donors (Lipinski definition) is 4. The van der Waals surface area contributed by atoms with Gasteiger partial charge in [-0.05, 0) is 48.9 Å². The third kappa shape index (κ3) is 7.36. The number of ether oxygens (including phenoxy) is 1. The monoisotopic (exact) mass is 574 g/mol. The molecule has 1 amide bonds. The first-order valence-corrected chi connectivity index (χ1v) is 13.3. The Hall–Kier alpha value is -4.43. The maximum absolute atomic E-state index is 13.4. The number of hydrogen-bond acceptors (Lipinski definition) is 8. The van der Waals surface area contributed by atoms with Gasteiger partial charge in [-0.15, -0.1) is 0 Å². The molecular weight excluding hydrogens is 549 g/mol. The summed E-state index contributed by atoms with van der Waals surface area (Å²) >= 11 is 0. The first-order chi connectivity index (χ1) is 18.9. The van der Waals surface area contributed by atoms with Gasteiger partial charge < -0.3 is 20.7 Å². The number of carbonyl (C=O) groups is 1. The highest BCUT2D eigenvalue weighted by Crippen LogP contribution is 2.30. The van der Waals surface area contributed by atoms with Crippen LogP contribution in [-0.2, 0) is 14.8 Å². The number of aryl methyl sites for hydroxylation is 1. The number of amides is 1. The van der Waals surface area contributed by atoms with E-state index in [0.717, 1.165) is 5.56 Å². The van der Waals surface area contributed by atoms with Crippen molar-refractivity contribution in [2.75, 3.05) is 35.6 Å². The van der Waals surface area contributed by atoms with E-state index in [-0.39, 0.29) is 22.2 Å². The lowest BCUT2D eigenvalue weighted by Gasteiger charge is -2.16. The highest BCUT2D eigenvalue weighted by molar-refractivity contribution is 7.92. The van der Waals surface area contributed by atoms with Crippen LogP contribution in [0.5, 0.6) is 5.75 Å². The number of fused-ring (bicyclic) bond motifs is 1. The molecule has 3 aromatic carbocycles. The summed E-state index contributed by atoms with van der Waals surface area (Å²) in [6.45, 7) is -0.0874. The number of aromatic nitrogens is 2. The number of anilines is 4. The molecule has 0 aliphatic carbocycles. The molecule has 40 heavy (non-hydrogen) atoms. The fraction of sp³-hybridized carbons (Fsp3) is 0.192. The number of para-hydroxylation sites is 2. The zero-order valence-corrected chi connectivity index (χ0v) is 22.2. The smallest absolute Gasteiger partial charge is 0.401 e. The van der Waals surface area contributed by atoms with Crippen LogP contribution in [0, 0.1) is 6.92 Å². The highest BCUT2D eigenvalue weighted by Gasteiger charge is 2.26. The number of methoxy groups -OCH3 is 1. The fourth-order valence-electron chi connectivity index (χ4n) is 3.60. The van der Waals surface area contributed by atoms with E-state index in [1.54, 1.807) is 36.4 Å². The topological polar surface area (TPSA) is 134 Å². The summed E-state index contributed by atoms with van der Waals surface area (Å²) in [4.78, 5) is 20.8. The van der Waals surface area contributed by atoms with Crippen molar-refractivity contribution in [1.82, 2.24) is 15.3 Å². The van der Waals surface area contributed by atoms with E-state index < -0.39 is 35.2 Å². The summed E-state index contributed by atoms with van der Waals surface area (Å²) < 4.78 is 71.3. The number of carbonyl (C=O) groups excluding carboxylic acids is 1. The molecule has 0 unspecified atom stereocenters. The van der Waals surface area contributed by atoms with Crippen LogP contribution in [0.1, 0.15) is 5.56 Å². The minimum Gasteiger partial charge on any atom is -0.497 e. The van der Waals surface area contributed by atoms with E-state index in [4.69, 9.17) is 4.74 Å². The summed E-state index contributed by atoms with van der Waals surface area (Å²) in [5.41, 5.74) is 2.51. The maximum atomic E-state index is 13.4. The molecule has 0 saturated heterocycles. The summed E-state index contributed by atoms with van der Waals surface area (Å²) in [5.74, 6) is -0.130. The average molecular weight is 575 g/mol. The van der Waals surface area contributed by atoms with Crippen molar-refractivity contribution in [3.63, 3.8) is 0 Å². The number of nitrogens with one attached hydrogen (secondary N) is 4. The molecule has 14 heteroatoms. The fourth-order valence-corrected chi connectivity index (χ4v) is 4.65. The van der Waals surface area contributed by atoms with Gasteiger partial charge in [0.15, 0.2) is 11.6 Å². The largest absolute Gasteiger partial charge is 0.497 e. The van der Waals surface area contributed by atoms with Gasteiger partial charge in [0.25, 0.3) is 10.0 Å². The third-order valence-electron chi connectivity index (χ3n) is 5.54. The van der Waals surface area contributed by atoms with E-state index >= 15 is 0 Å². The van der Waals surface area contributed by atoms with E-state index in [0.29, 0.717) is 22.5 Å². The maximum Gasteiger partial charge on any atom is 0.401 e. The molecule has 4 aromatic rings. The van der Waals surface area contributed by atoms with Crippen molar-refractivity contribution < 1.29 is 31.1 Å². The second-order valence-electron chi connectivity index (χ2n) is 8.62. The Labute approximate surface area is 228 Å². The third-order valence-corrected chi connectivity index (χ3v) is 6.88. The molecule has 0 fully saturated rings. The molecule has 0 spiro atoms. The Kier molecular flexibility index (Phi) is 8.40. The molecule has 4 rings (SSSR count). The molecule has 4 N–H and O–H groups in total. The van der Waals surface area contributed by atoms with Crippen LogP contribution >= 0.6 is 0 Å². The number of rotatable bonds is 10. The Balaban J connectivity index is 1.60. The van der Waals surface area contributed by atoms with E-state index in [1.165, 1.54) is 31.4 Å². The van der Waals surface area contributed by atoms with Crippen molar-refractivity contribution in [3.8, 4) is 5.75 Å². The van der Waals surface area contributed by atoms with Crippen molar-refractivity contribution in [2.45, 2.75) is 18.0 Å². The summed E-state index contributed by atoms with van der Waals surface area (Å²) in [7, 11) is -2.72. The van der Waals surface area contributed by atoms with Gasteiger partial charge in [0.2, 0.25) is 5.91 Å². The number of benzene rings is 3. The summed E-state index contributed by atoms with van der Waals surface area (Å²) in [5, 5.41) is 7.48. The Bertz CT molecular complexity index is 1650. The lowest BCUT2D eigenvalue weighted by molar-refractivity contribution is -0.127. The van der Waals surface area contributed by atoms with Gasteiger partial charge >= 0.3 is 6.18 Å². The van der Waals surface area contributed by atoms with E-state index in [1.807, 2.05) is 18.3 Å².